The van der Waals surface area contributed by atoms with Gasteiger partial charge >= 0.3 is 0 Å². The van der Waals surface area contributed by atoms with Crippen LogP contribution < -0.4 is 4.72 Å². The van der Waals surface area contributed by atoms with E-state index in [0.717, 1.165) is 32.1 Å². The van der Waals surface area contributed by atoms with Crippen molar-refractivity contribution in [1.82, 2.24) is 4.72 Å². The van der Waals surface area contributed by atoms with Crippen LogP contribution in [0.25, 0.3) is 0 Å². The summed E-state index contributed by atoms with van der Waals surface area (Å²) in [6.45, 7) is 3.69. The van der Waals surface area contributed by atoms with E-state index < -0.39 is 16.1 Å². The molecule has 1 aliphatic rings. The highest BCUT2D eigenvalue weighted by Crippen LogP contribution is 2.23. The summed E-state index contributed by atoms with van der Waals surface area (Å²) in [5.74, 6) is 0.00312. The van der Waals surface area contributed by atoms with E-state index >= 15 is 0 Å². The minimum absolute atomic E-state index is 0.00312. The predicted molar refractivity (Wildman–Crippen MR) is 63.2 cm³/mol. The summed E-state index contributed by atoms with van der Waals surface area (Å²) < 4.78 is 26.5. The molecule has 0 aromatic heterocycles. The molecule has 1 aliphatic carbocycles. The van der Waals surface area contributed by atoms with Crippen LogP contribution in [0.3, 0.4) is 0 Å². The fraction of sp³-hybridized carbons (Fsp3) is 0.909. The Morgan fingerprint density at radius 1 is 1.25 bits per heavy atom. The number of sulfonamides is 1. The zero-order valence-electron chi connectivity index (χ0n) is 9.94. The molecular formula is C11H20N2O2S. The van der Waals surface area contributed by atoms with Crippen molar-refractivity contribution in [3.63, 3.8) is 0 Å². The predicted octanol–water partition coefficient (Wildman–Crippen LogP) is 1.79. The van der Waals surface area contributed by atoms with Gasteiger partial charge in [-0.1, -0.05) is 33.1 Å². The molecule has 0 bridgehead atoms. The van der Waals surface area contributed by atoms with E-state index in [2.05, 4.69) is 4.72 Å². The van der Waals surface area contributed by atoms with E-state index in [-0.39, 0.29) is 11.2 Å². The molecule has 1 rings (SSSR count). The van der Waals surface area contributed by atoms with Crippen molar-refractivity contribution in [3.8, 4) is 6.07 Å². The third-order valence-corrected chi connectivity index (χ3v) is 5.02. The van der Waals surface area contributed by atoms with E-state index in [1.165, 1.54) is 0 Å². The summed E-state index contributed by atoms with van der Waals surface area (Å²) >= 11 is 0. The minimum Gasteiger partial charge on any atom is -0.212 e. The van der Waals surface area contributed by atoms with Gasteiger partial charge in [0.05, 0.1) is 11.3 Å². The molecule has 4 nitrogen and oxygen atoms in total. The standard InChI is InChI=1S/C11H20N2O2S/c1-9(2)11(8-12)13-16(14,15)10-6-4-3-5-7-10/h9-11,13H,3-7H2,1-2H3. The summed E-state index contributed by atoms with van der Waals surface area (Å²) in [6, 6.07) is 1.40. The monoisotopic (exact) mass is 244 g/mol. The van der Waals surface area contributed by atoms with Crippen molar-refractivity contribution in [2.24, 2.45) is 5.92 Å². The average molecular weight is 244 g/mol. The highest BCUT2D eigenvalue weighted by molar-refractivity contribution is 7.90. The van der Waals surface area contributed by atoms with Crippen LogP contribution in [0.15, 0.2) is 0 Å². The third kappa shape index (κ3) is 3.46. The van der Waals surface area contributed by atoms with E-state index in [0.29, 0.717) is 0 Å². The number of hydrogen-bond acceptors (Lipinski definition) is 3. The molecule has 1 saturated carbocycles. The zero-order chi connectivity index (χ0) is 12.2. The van der Waals surface area contributed by atoms with E-state index in [4.69, 9.17) is 5.26 Å². The van der Waals surface area contributed by atoms with Gasteiger partial charge in [0.15, 0.2) is 0 Å². The van der Waals surface area contributed by atoms with E-state index in [1.54, 1.807) is 0 Å². The molecule has 0 spiro atoms. The van der Waals surface area contributed by atoms with Crippen LogP contribution in [0.1, 0.15) is 46.0 Å². The van der Waals surface area contributed by atoms with Crippen molar-refractivity contribution >= 4 is 10.0 Å². The summed E-state index contributed by atoms with van der Waals surface area (Å²) in [5.41, 5.74) is 0. The highest BCUT2D eigenvalue weighted by atomic mass is 32.2. The first kappa shape index (κ1) is 13.5. The molecule has 16 heavy (non-hydrogen) atoms. The van der Waals surface area contributed by atoms with Crippen LogP contribution in [0.4, 0.5) is 0 Å². The summed E-state index contributed by atoms with van der Waals surface area (Å²) in [7, 11) is -3.31. The first-order valence-corrected chi connectivity index (χ1v) is 7.42. The molecule has 0 radical (unpaired) electrons. The van der Waals surface area contributed by atoms with Gasteiger partial charge in [-0.2, -0.15) is 9.98 Å². The van der Waals surface area contributed by atoms with Crippen LogP contribution in [-0.4, -0.2) is 19.7 Å². The van der Waals surface area contributed by atoms with Gasteiger partial charge in [-0.05, 0) is 18.8 Å². The van der Waals surface area contributed by atoms with E-state index in [9.17, 15) is 8.42 Å². The molecule has 0 heterocycles. The molecule has 1 N–H and O–H groups in total. The second-order valence-corrected chi connectivity index (χ2v) is 6.77. The van der Waals surface area contributed by atoms with Crippen molar-refractivity contribution in [2.75, 3.05) is 0 Å². The Morgan fingerprint density at radius 2 is 1.81 bits per heavy atom. The Morgan fingerprint density at radius 3 is 2.25 bits per heavy atom. The molecule has 0 aliphatic heterocycles. The minimum atomic E-state index is -3.31. The Hall–Kier alpha value is -0.600. The second-order valence-electron chi connectivity index (χ2n) is 4.77. The van der Waals surface area contributed by atoms with E-state index in [1.807, 2.05) is 19.9 Å². The lowest BCUT2D eigenvalue weighted by molar-refractivity contribution is 0.462. The van der Waals surface area contributed by atoms with Crippen molar-refractivity contribution in [1.29, 1.82) is 5.26 Å². The maximum absolute atomic E-state index is 12.0. The number of nitrogens with one attached hydrogen (secondary N) is 1. The zero-order valence-corrected chi connectivity index (χ0v) is 10.8. The molecular weight excluding hydrogens is 224 g/mol. The lowest BCUT2D eigenvalue weighted by atomic mass is 10.0. The number of rotatable bonds is 4. The van der Waals surface area contributed by atoms with Crippen LogP contribution in [0.2, 0.25) is 0 Å². The van der Waals surface area contributed by atoms with Crippen LogP contribution >= 0.6 is 0 Å². The Balaban J connectivity index is 2.67. The van der Waals surface area contributed by atoms with Gasteiger partial charge < -0.3 is 0 Å². The maximum atomic E-state index is 12.0. The normalized spacial score (nSPS) is 20.6. The molecule has 0 saturated heterocycles. The number of nitriles is 1. The van der Waals surface area contributed by atoms with Gasteiger partial charge in [-0.15, -0.1) is 0 Å². The second kappa shape index (κ2) is 5.65. The highest BCUT2D eigenvalue weighted by Gasteiger charge is 2.30. The van der Waals surface area contributed by atoms with Gasteiger partial charge in [0.2, 0.25) is 10.0 Å². The van der Waals surface area contributed by atoms with Gasteiger partial charge in [-0.3, -0.25) is 0 Å². The summed E-state index contributed by atoms with van der Waals surface area (Å²) in [6.07, 6.45) is 4.53. The molecule has 1 fully saturated rings. The van der Waals surface area contributed by atoms with Crippen molar-refractivity contribution < 1.29 is 8.42 Å². The van der Waals surface area contributed by atoms with Crippen LogP contribution in [-0.2, 0) is 10.0 Å². The fourth-order valence-corrected chi connectivity index (χ4v) is 3.79. The SMILES string of the molecule is CC(C)C(C#N)NS(=O)(=O)C1CCCCC1. The fourth-order valence-electron chi connectivity index (χ4n) is 1.96. The molecule has 0 aromatic carbocycles. The molecule has 0 amide bonds. The quantitative estimate of drug-likeness (QED) is 0.819. The van der Waals surface area contributed by atoms with Gasteiger partial charge in [-0.25, -0.2) is 8.42 Å². The molecule has 92 valence electrons. The Bertz CT molecular complexity index is 351. The lowest BCUT2D eigenvalue weighted by Gasteiger charge is -2.24. The van der Waals surface area contributed by atoms with Crippen LogP contribution in [0.5, 0.6) is 0 Å². The van der Waals surface area contributed by atoms with Crippen LogP contribution in [0, 0.1) is 17.2 Å². The molecule has 5 heteroatoms. The van der Waals surface area contributed by atoms with Crippen molar-refractivity contribution in [2.45, 2.75) is 57.2 Å². The molecule has 1 unspecified atom stereocenters. The maximum Gasteiger partial charge on any atom is 0.215 e. The third-order valence-electron chi connectivity index (χ3n) is 3.09. The van der Waals surface area contributed by atoms with Gasteiger partial charge in [0.25, 0.3) is 0 Å². The Kier molecular flexibility index (Phi) is 4.75. The topological polar surface area (TPSA) is 70.0 Å². The molecule has 0 aromatic rings. The first-order chi connectivity index (χ1) is 7.47. The Labute approximate surface area is 98.1 Å². The number of nitrogens with zero attached hydrogens (tertiary/aromatic N) is 1. The van der Waals surface area contributed by atoms with Crippen molar-refractivity contribution in [3.05, 3.63) is 0 Å². The number of hydrogen-bond donors (Lipinski definition) is 1. The smallest absolute Gasteiger partial charge is 0.212 e. The first-order valence-electron chi connectivity index (χ1n) is 5.88. The average Bonchev–Trinajstić information content (AvgIpc) is 2.27. The van der Waals surface area contributed by atoms with Gasteiger partial charge in [0, 0.05) is 0 Å². The summed E-state index contributed by atoms with van der Waals surface area (Å²) in [4.78, 5) is 0. The molecule has 1 atom stereocenters. The lowest BCUT2D eigenvalue weighted by Crippen LogP contribution is -2.43. The van der Waals surface area contributed by atoms with Gasteiger partial charge in [0.1, 0.15) is 6.04 Å². The largest absolute Gasteiger partial charge is 0.215 e. The summed E-state index contributed by atoms with van der Waals surface area (Å²) in [5, 5.41) is 8.59.